The van der Waals surface area contributed by atoms with Gasteiger partial charge in [-0.2, -0.15) is 0 Å². The van der Waals surface area contributed by atoms with Crippen LogP contribution in [0.1, 0.15) is 22.5 Å². The molecule has 0 bridgehead atoms. The smallest absolute Gasteiger partial charge is 0.258 e. The first-order valence-electron chi connectivity index (χ1n) is 10.2. The Bertz CT molecular complexity index is 1310. The van der Waals surface area contributed by atoms with Crippen LogP contribution in [0.4, 0.5) is 15.8 Å². The molecular weight excluding hydrogens is 399 g/mol. The van der Waals surface area contributed by atoms with Gasteiger partial charge < -0.3 is 19.9 Å². The molecule has 0 spiro atoms. The molecule has 1 aromatic carbocycles. The molecule has 0 radical (unpaired) electrons. The van der Waals surface area contributed by atoms with Gasteiger partial charge in [0.25, 0.3) is 5.91 Å². The molecular formula is C21H23FN8O. The lowest BCUT2D eigenvalue weighted by molar-refractivity contribution is 0.102. The molecule has 1 fully saturated rings. The summed E-state index contributed by atoms with van der Waals surface area (Å²) >= 11 is 0. The SMILES string of the molecule is CN[C@@H]1CCN(c2ccc(C(=O)Nc3cc(F)c4nc(C)cn4c3)c3nnn(C)c23)C1. The third-order valence-corrected chi connectivity index (χ3v) is 5.80. The number of likely N-dealkylation sites (N-methyl/N-ethyl adjacent to an activating group) is 1. The summed E-state index contributed by atoms with van der Waals surface area (Å²) in [6.07, 6.45) is 4.39. The maximum atomic E-state index is 14.4. The number of pyridine rings is 1. The third kappa shape index (κ3) is 3.28. The lowest BCUT2D eigenvalue weighted by Gasteiger charge is -2.20. The Morgan fingerprint density at radius 2 is 2.13 bits per heavy atom. The molecule has 1 aliphatic heterocycles. The van der Waals surface area contributed by atoms with E-state index >= 15 is 0 Å². The minimum Gasteiger partial charge on any atom is -0.368 e. The van der Waals surface area contributed by atoms with Crippen molar-refractivity contribution in [2.75, 3.05) is 30.4 Å². The van der Waals surface area contributed by atoms with E-state index in [1.165, 1.54) is 6.07 Å². The second kappa shape index (κ2) is 7.31. The number of aryl methyl sites for hydroxylation is 2. The highest BCUT2D eigenvalue weighted by atomic mass is 19.1. The normalized spacial score (nSPS) is 16.5. The lowest BCUT2D eigenvalue weighted by Crippen LogP contribution is -2.29. The summed E-state index contributed by atoms with van der Waals surface area (Å²) in [5.41, 5.74) is 3.96. The van der Waals surface area contributed by atoms with Crippen molar-refractivity contribution in [1.29, 1.82) is 0 Å². The molecule has 1 aliphatic rings. The summed E-state index contributed by atoms with van der Waals surface area (Å²) in [5.74, 6) is -0.874. The Labute approximate surface area is 177 Å². The fourth-order valence-corrected chi connectivity index (χ4v) is 4.25. The van der Waals surface area contributed by atoms with Crippen LogP contribution in [0.5, 0.6) is 0 Å². The molecule has 5 rings (SSSR count). The molecule has 0 aliphatic carbocycles. The number of benzene rings is 1. The number of anilines is 2. The Hall–Kier alpha value is -3.53. The maximum absolute atomic E-state index is 14.4. The number of fused-ring (bicyclic) bond motifs is 2. The number of hydrogen-bond acceptors (Lipinski definition) is 6. The van der Waals surface area contributed by atoms with Crippen molar-refractivity contribution < 1.29 is 9.18 Å². The van der Waals surface area contributed by atoms with Crippen molar-refractivity contribution in [3.05, 3.63) is 47.7 Å². The number of hydrogen-bond donors (Lipinski definition) is 2. The van der Waals surface area contributed by atoms with Gasteiger partial charge in [0.05, 0.1) is 22.6 Å². The largest absolute Gasteiger partial charge is 0.368 e. The van der Waals surface area contributed by atoms with Gasteiger partial charge in [0.15, 0.2) is 11.5 Å². The number of aromatic nitrogens is 5. The van der Waals surface area contributed by atoms with Crippen LogP contribution in [0.15, 0.2) is 30.6 Å². The van der Waals surface area contributed by atoms with Crippen molar-refractivity contribution in [1.82, 2.24) is 29.7 Å². The fourth-order valence-electron chi connectivity index (χ4n) is 4.25. The van der Waals surface area contributed by atoms with Crippen molar-refractivity contribution in [2.45, 2.75) is 19.4 Å². The van der Waals surface area contributed by atoms with Gasteiger partial charge in [-0.15, -0.1) is 5.10 Å². The Morgan fingerprint density at radius 3 is 2.90 bits per heavy atom. The van der Waals surface area contributed by atoms with Gasteiger partial charge >= 0.3 is 0 Å². The number of carbonyl (C=O) groups excluding carboxylic acids is 1. The Kier molecular flexibility index (Phi) is 4.58. The van der Waals surface area contributed by atoms with E-state index in [9.17, 15) is 9.18 Å². The highest BCUT2D eigenvalue weighted by molar-refractivity contribution is 6.13. The molecule has 3 aromatic heterocycles. The van der Waals surface area contributed by atoms with Crippen molar-refractivity contribution in [2.24, 2.45) is 7.05 Å². The van der Waals surface area contributed by atoms with Crippen LogP contribution in [0.3, 0.4) is 0 Å². The Balaban J connectivity index is 1.49. The molecule has 1 amide bonds. The number of amides is 1. The van der Waals surface area contributed by atoms with E-state index in [2.05, 4.69) is 30.8 Å². The molecule has 10 heteroatoms. The van der Waals surface area contributed by atoms with Gasteiger partial charge in [-0.1, -0.05) is 5.21 Å². The minimum absolute atomic E-state index is 0.224. The van der Waals surface area contributed by atoms with E-state index in [4.69, 9.17) is 0 Å². The predicted molar refractivity (Wildman–Crippen MR) is 116 cm³/mol. The van der Waals surface area contributed by atoms with E-state index in [0.29, 0.717) is 28.5 Å². The molecule has 4 aromatic rings. The van der Waals surface area contributed by atoms with Crippen LogP contribution in [-0.2, 0) is 7.05 Å². The number of halogens is 1. The monoisotopic (exact) mass is 422 g/mol. The van der Waals surface area contributed by atoms with Gasteiger partial charge in [-0.05, 0) is 32.5 Å². The van der Waals surface area contributed by atoms with Gasteiger partial charge in [0.1, 0.15) is 11.0 Å². The minimum atomic E-state index is -0.501. The van der Waals surface area contributed by atoms with Crippen LogP contribution in [0.2, 0.25) is 0 Å². The molecule has 1 saturated heterocycles. The molecule has 1 atom stereocenters. The number of carbonyl (C=O) groups is 1. The zero-order valence-electron chi connectivity index (χ0n) is 17.6. The number of rotatable bonds is 4. The molecule has 9 nitrogen and oxygen atoms in total. The first-order chi connectivity index (χ1) is 14.9. The summed E-state index contributed by atoms with van der Waals surface area (Å²) in [4.78, 5) is 19.5. The van der Waals surface area contributed by atoms with Gasteiger partial charge in [0, 0.05) is 44.6 Å². The van der Waals surface area contributed by atoms with Crippen LogP contribution in [-0.4, -0.2) is 56.5 Å². The molecule has 4 heterocycles. The van der Waals surface area contributed by atoms with Crippen LogP contribution in [0, 0.1) is 12.7 Å². The molecule has 160 valence electrons. The van der Waals surface area contributed by atoms with E-state index in [-0.39, 0.29) is 11.6 Å². The molecule has 31 heavy (non-hydrogen) atoms. The van der Waals surface area contributed by atoms with Crippen LogP contribution in [0.25, 0.3) is 16.7 Å². The first kappa shape index (κ1) is 19.4. The summed E-state index contributed by atoms with van der Waals surface area (Å²) < 4.78 is 17.6. The summed E-state index contributed by atoms with van der Waals surface area (Å²) in [6.45, 7) is 3.59. The van der Waals surface area contributed by atoms with E-state index in [0.717, 1.165) is 30.7 Å². The third-order valence-electron chi connectivity index (χ3n) is 5.80. The van der Waals surface area contributed by atoms with Gasteiger partial charge in [-0.25, -0.2) is 14.1 Å². The second-order valence-corrected chi connectivity index (χ2v) is 7.91. The second-order valence-electron chi connectivity index (χ2n) is 7.91. The number of nitrogens with one attached hydrogen (secondary N) is 2. The standard InChI is InChI=1S/C21H23FN8O/c1-12-9-30-11-14(8-16(22)20(30)24-12)25-21(31)15-4-5-17(19-18(15)26-27-28(19)3)29-7-6-13(10-29)23-2/h4-5,8-9,11,13,23H,6-7,10H2,1-3H3,(H,25,31)/t13-/m1/s1. The van der Waals surface area contributed by atoms with E-state index in [1.807, 2.05) is 20.2 Å². The topological polar surface area (TPSA) is 92.4 Å². The van der Waals surface area contributed by atoms with E-state index < -0.39 is 5.82 Å². The zero-order valence-corrected chi connectivity index (χ0v) is 17.6. The van der Waals surface area contributed by atoms with E-state index in [1.54, 1.807) is 34.5 Å². The van der Waals surface area contributed by atoms with Crippen LogP contribution >= 0.6 is 0 Å². The summed E-state index contributed by atoms with van der Waals surface area (Å²) in [6, 6.07) is 5.38. The Morgan fingerprint density at radius 1 is 1.29 bits per heavy atom. The quantitative estimate of drug-likeness (QED) is 0.523. The van der Waals surface area contributed by atoms with Crippen molar-refractivity contribution in [3.63, 3.8) is 0 Å². The fraction of sp³-hybridized carbons (Fsp3) is 0.333. The first-order valence-corrected chi connectivity index (χ1v) is 10.2. The van der Waals surface area contributed by atoms with Gasteiger partial charge in [0.2, 0.25) is 0 Å². The maximum Gasteiger partial charge on any atom is 0.258 e. The highest BCUT2D eigenvalue weighted by Crippen LogP contribution is 2.31. The summed E-state index contributed by atoms with van der Waals surface area (Å²) in [5, 5.41) is 14.5. The number of imidazole rings is 1. The number of nitrogens with zero attached hydrogens (tertiary/aromatic N) is 6. The van der Waals surface area contributed by atoms with Crippen molar-refractivity contribution >= 4 is 34.0 Å². The summed E-state index contributed by atoms with van der Waals surface area (Å²) in [7, 11) is 3.78. The molecule has 0 unspecified atom stereocenters. The average molecular weight is 422 g/mol. The zero-order chi connectivity index (χ0) is 21.7. The average Bonchev–Trinajstić information content (AvgIpc) is 3.46. The predicted octanol–water partition coefficient (Wildman–Crippen LogP) is 2.11. The highest BCUT2D eigenvalue weighted by Gasteiger charge is 2.26. The molecule has 2 N–H and O–H groups in total. The van der Waals surface area contributed by atoms with Crippen molar-refractivity contribution in [3.8, 4) is 0 Å². The lowest BCUT2D eigenvalue weighted by atomic mass is 10.1. The van der Waals surface area contributed by atoms with Gasteiger partial charge in [-0.3, -0.25) is 4.79 Å². The molecule has 0 saturated carbocycles. The van der Waals surface area contributed by atoms with Crippen LogP contribution < -0.4 is 15.5 Å².